The van der Waals surface area contributed by atoms with Crippen LogP contribution in [0.3, 0.4) is 0 Å². The summed E-state index contributed by atoms with van der Waals surface area (Å²) in [5.74, 6) is 0.815. The maximum absolute atomic E-state index is 10.1. The molecule has 1 aromatic carbocycles. The number of ether oxygens (including phenoxy) is 1. The predicted molar refractivity (Wildman–Crippen MR) is 59.8 cm³/mol. The number of methoxy groups -OCH3 is 1. The molecule has 0 unspecified atom stereocenters. The molecule has 0 spiro atoms. The molecule has 0 aromatic heterocycles. The van der Waals surface area contributed by atoms with Gasteiger partial charge >= 0.3 is 0 Å². The van der Waals surface area contributed by atoms with Crippen molar-refractivity contribution in [3.8, 4) is 5.75 Å². The zero-order chi connectivity index (χ0) is 11.1. The Morgan fingerprint density at radius 3 is 2.13 bits per heavy atom. The lowest BCUT2D eigenvalue weighted by molar-refractivity contribution is 0.211. The molecule has 1 aliphatic rings. The predicted octanol–water partition coefficient (Wildman–Crippen LogP) is 2.69. The van der Waals surface area contributed by atoms with Crippen molar-refractivity contribution in [2.45, 2.75) is 20.0 Å². The summed E-state index contributed by atoms with van der Waals surface area (Å²) in [6, 6.07) is 7.54. The number of aliphatic hydroxyl groups excluding tert-OH is 1. The molecule has 0 heterocycles. The largest absolute Gasteiger partial charge is 0.497 e. The van der Waals surface area contributed by atoms with Gasteiger partial charge in [-0.3, -0.25) is 0 Å². The second-order valence-corrected chi connectivity index (χ2v) is 4.50. The molecular formula is C13H16O2. The van der Waals surface area contributed by atoms with E-state index in [9.17, 15) is 5.11 Å². The fourth-order valence-electron chi connectivity index (χ4n) is 1.75. The van der Waals surface area contributed by atoms with E-state index in [0.717, 1.165) is 16.9 Å². The van der Waals surface area contributed by atoms with Crippen molar-refractivity contribution in [1.29, 1.82) is 0 Å². The van der Waals surface area contributed by atoms with E-state index in [1.165, 1.54) is 0 Å². The molecule has 1 aromatic rings. The molecule has 2 heteroatoms. The second-order valence-electron chi connectivity index (χ2n) is 4.50. The van der Waals surface area contributed by atoms with Crippen LogP contribution < -0.4 is 4.74 Å². The summed E-state index contributed by atoms with van der Waals surface area (Å²) in [4.78, 5) is 0. The van der Waals surface area contributed by atoms with Gasteiger partial charge in [0.05, 0.1) is 7.11 Å². The third-order valence-electron chi connectivity index (χ3n) is 2.90. The van der Waals surface area contributed by atoms with Gasteiger partial charge in [-0.25, -0.2) is 0 Å². The van der Waals surface area contributed by atoms with Gasteiger partial charge < -0.3 is 9.84 Å². The van der Waals surface area contributed by atoms with Gasteiger partial charge in [-0.05, 0) is 23.3 Å². The minimum absolute atomic E-state index is 0.0966. The van der Waals surface area contributed by atoms with Crippen molar-refractivity contribution in [3.05, 3.63) is 41.5 Å². The van der Waals surface area contributed by atoms with Crippen molar-refractivity contribution in [1.82, 2.24) is 0 Å². The summed E-state index contributed by atoms with van der Waals surface area (Å²) in [6.45, 7) is 4.21. The summed E-state index contributed by atoms with van der Waals surface area (Å²) in [7, 11) is 1.64. The lowest BCUT2D eigenvalue weighted by Gasteiger charge is -2.12. The Bertz CT molecular complexity index is 388. The Balaban J connectivity index is 2.13. The average Bonchev–Trinajstić information content (AvgIpc) is 2.87. The Kier molecular flexibility index (Phi) is 2.31. The highest BCUT2D eigenvalue weighted by molar-refractivity contribution is 5.44. The van der Waals surface area contributed by atoms with Crippen molar-refractivity contribution < 1.29 is 9.84 Å². The third-order valence-corrected chi connectivity index (χ3v) is 2.90. The highest BCUT2D eigenvalue weighted by atomic mass is 16.5. The molecule has 0 aliphatic heterocycles. The summed E-state index contributed by atoms with van der Waals surface area (Å²) in [5.41, 5.74) is 2.12. The minimum Gasteiger partial charge on any atom is -0.497 e. The number of aliphatic hydroxyl groups is 1. The molecule has 1 aliphatic carbocycles. The van der Waals surface area contributed by atoms with Crippen LogP contribution in [0.5, 0.6) is 5.75 Å². The lowest BCUT2D eigenvalue weighted by Crippen LogP contribution is -2.02. The number of allylic oxidation sites excluding steroid dienone is 1. The molecule has 1 N–H and O–H groups in total. The third kappa shape index (κ3) is 1.90. The molecule has 0 bridgehead atoms. The maximum atomic E-state index is 10.1. The zero-order valence-electron chi connectivity index (χ0n) is 9.32. The smallest absolute Gasteiger partial charge is 0.118 e. The van der Waals surface area contributed by atoms with Gasteiger partial charge in [0, 0.05) is 5.41 Å². The van der Waals surface area contributed by atoms with Gasteiger partial charge in [-0.15, -0.1) is 0 Å². The van der Waals surface area contributed by atoms with E-state index in [1.54, 1.807) is 7.11 Å². The average molecular weight is 204 g/mol. The van der Waals surface area contributed by atoms with Gasteiger partial charge in [0.1, 0.15) is 11.9 Å². The van der Waals surface area contributed by atoms with E-state index in [-0.39, 0.29) is 5.41 Å². The Morgan fingerprint density at radius 1 is 1.20 bits per heavy atom. The summed E-state index contributed by atoms with van der Waals surface area (Å²) in [6.07, 6.45) is 1.63. The van der Waals surface area contributed by atoms with Crippen LogP contribution in [0, 0.1) is 5.41 Å². The monoisotopic (exact) mass is 204 g/mol. The van der Waals surface area contributed by atoms with Gasteiger partial charge in [0.2, 0.25) is 0 Å². The Labute approximate surface area is 90.2 Å². The fourth-order valence-corrected chi connectivity index (χ4v) is 1.75. The van der Waals surface area contributed by atoms with Crippen molar-refractivity contribution in [2.24, 2.45) is 5.41 Å². The maximum Gasteiger partial charge on any atom is 0.118 e. The van der Waals surface area contributed by atoms with E-state index in [0.29, 0.717) is 0 Å². The summed E-state index contributed by atoms with van der Waals surface area (Å²) >= 11 is 0. The van der Waals surface area contributed by atoms with Gasteiger partial charge in [0.15, 0.2) is 0 Å². The number of benzene rings is 1. The van der Waals surface area contributed by atoms with Crippen molar-refractivity contribution >= 4 is 0 Å². The number of hydrogen-bond donors (Lipinski definition) is 1. The molecule has 0 saturated carbocycles. The minimum atomic E-state index is -0.467. The SMILES string of the molecule is COc1ccc([C@H](O)C2=CC2(C)C)cc1. The molecule has 0 fully saturated rings. The highest BCUT2D eigenvalue weighted by Crippen LogP contribution is 2.49. The van der Waals surface area contributed by atoms with E-state index in [1.807, 2.05) is 24.3 Å². The van der Waals surface area contributed by atoms with Crippen LogP contribution >= 0.6 is 0 Å². The summed E-state index contributed by atoms with van der Waals surface area (Å²) < 4.78 is 5.07. The molecule has 0 amide bonds. The van der Waals surface area contributed by atoms with Crippen LogP contribution in [0.2, 0.25) is 0 Å². The first-order chi connectivity index (χ1) is 7.04. The van der Waals surface area contributed by atoms with Gasteiger partial charge in [-0.2, -0.15) is 0 Å². The van der Waals surface area contributed by atoms with E-state index >= 15 is 0 Å². The van der Waals surface area contributed by atoms with E-state index in [2.05, 4.69) is 19.9 Å². The first-order valence-electron chi connectivity index (χ1n) is 5.10. The van der Waals surface area contributed by atoms with Crippen LogP contribution in [0.1, 0.15) is 25.5 Å². The topological polar surface area (TPSA) is 29.5 Å². The van der Waals surface area contributed by atoms with E-state index < -0.39 is 6.10 Å². The normalized spacial score (nSPS) is 19.3. The molecule has 0 radical (unpaired) electrons. The van der Waals surface area contributed by atoms with Crippen LogP contribution in [0.4, 0.5) is 0 Å². The summed E-state index contributed by atoms with van der Waals surface area (Å²) in [5, 5.41) is 10.1. The molecule has 1 atom stereocenters. The molecular weight excluding hydrogens is 188 g/mol. The van der Waals surface area contributed by atoms with Gasteiger partial charge in [-0.1, -0.05) is 32.1 Å². The highest BCUT2D eigenvalue weighted by Gasteiger charge is 2.38. The van der Waals surface area contributed by atoms with Crippen LogP contribution in [-0.2, 0) is 0 Å². The Morgan fingerprint density at radius 2 is 1.73 bits per heavy atom. The molecule has 0 saturated heterocycles. The zero-order valence-corrected chi connectivity index (χ0v) is 9.32. The Hall–Kier alpha value is -1.28. The number of hydrogen-bond acceptors (Lipinski definition) is 2. The standard InChI is InChI=1S/C13H16O2/c1-13(2)8-11(13)12(14)9-4-6-10(15-3)7-5-9/h4-8,12,14H,1-3H3/t12-/m0/s1. The second kappa shape index (κ2) is 3.38. The van der Waals surface area contributed by atoms with Crippen molar-refractivity contribution in [2.75, 3.05) is 7.11 Å². The molecule has 2 rings (SSSR count). The fraction of sp³-hybridized carbons (Fsp3) is 0.385. The lowest BCUT2D eigenvalue weighted by atomic mass is 9.98. The van der Waals surface area contributed by atoms with E-state index in [4.69, 9.17) is 4.74 Å². The molecule has 2 nitrogen and oxygen atoms in total. The quantitative estimate of drug-likeness (QED) is 0.767. The van der Waals surface area contributed by atoms with Crippen LogP contribution in [-0.4, -0.2) is 12.2 Å². The van der Waals surface area contributed by atoms with Crippen LogP contribution in [0.25, 0.3) is 0 Å². The van der Waals surface area contributed by atoms with Crippen LogP contribution in [0.15, 0.2) is 35.9 Å². The molecule has 80 valence electrons. The number of rotatable bonds is 3. The molecule has 15 heavy (non-hydrogen) atoms. The van der Waals surface area contributed by atoms with Crippen molar-refractivity contribution in [3.63, 3.8) is 0 Å². The first-order valence-corrected chi connectivity index (χ1v) is 5.10. The van der Waals surface area contributed by atoms with Gasteiger partial charge in [0.25, 0.3) is 0 Å². The first kappa shape index (κ1) is 10.2.